The highest BCUT2D eigenvalue weighted by Crippen LogP contribution is 2.19. The van der Waals surface area contributed by atoms with Crippen molar-refractivity contribution in [2.45, 2.75) is 13.8 Å². The van der Waals surface area contributed by atoms with Crippen LogP contribution in [0.1, 0.15) is 27.3 Å². The Labute approximate surface area is 142 Å². The minimum Gasteiger partial charge on any atom is -0.305 e. The zero-order valence-electron chi connectivity index (χ0n) is 13.5. The molecule has 0 saturated carbocycles. The maximum absolute atomic E-state index is 13.0. The Morgan fingerprint density at radius 3 is 2.44 bits per heavy atom. The number of aromatic nitrogens is 4. The van der Waals surface area contributed by atoms with E-state index in [1.165, 1.54) is 35.1 Å². The highest BCUT2D eigenvalue weighted by atomic mass is 19.1. The van der Waals surface area contributed by atoms with Crippen LogP contribution in [0.3, 0.4) is 0 Å². The van der Waals surface area contributed by atoms with Crippen molar-refractivity contribution in [1.29, 1.82) is 5.26 Å². The van der Waals surface area contributed by atoms with E-state index in [2.05, 4.69) is 20.4 Å². The first-order chi connectivity index (χ1) is 12.0. The number of nitrogens with zero attached hydrogens (tertiary/aromatic N) is 5. The third-order valence-corrected chi connectivity index (χ3v) is 3.39. The van der Waals surface area contributed by atoms with E-state index in [4.69, 9.17) is 0 Å². The predicted octanol–water partition coefficient (Wildman–Crippen LogP) is 2.54. The van der Waals surface area contributed by atoms with Crippen molar-refractivity contribution < 1.29 is 9.18 Å². The van der Waals surface area contributed by atoms with E-state index in [9.17, 15) is 14.4 Å². The van der Waals surface area contributed by atoms with Gasteiger partial charge in [-0.05, 0) is 44.2 Å². The topological polar surface area (TPSA) is 96.5 Å². The van der Waals surface area contributed by atoms with Gasteiger partial charge in [-0.25, -0.2) is 14.4 Å². The SMILES string of the molecule is Cc1cc(C)nc(-n2ncc(C#N)c2NC(=O)c2ccc(F)cc2)n1. The second-order valence-electron chi connectivity index (χ2n) is 5.34. The lowest BCUT2D eigenvalue weighted by atomic mass is 10.2. The predicted molar refractivity (Wildman–Crippen MR) is 87.7 cm³/mol. The zero-order chi connectivity index (χ0) is 18.0. The van der Waals surface area contributed by atoms with Crippen LogP contribution in [0.15, 0.2) is 36.5 Å². The smallest absolute Gasteiger partial charge is 0.256 e. The second kappa shape index (κ2) is 6.49. The first-order valence-electron chi connectivity index (χ1n) is 7.35. The monoisotopic (exact) mass is 336 g/mol. The molecule has 0 aliphatic carbocycles. The van der Waals surface area contributed by atoms with Gasteiger partial charge in [0.05, 0.1) is 6.20 Å². The molecule has 0 aliphatic heterocycles. The molecule has 124 valence electrons. The van der Waals surface area contributed by atoms with E-state index in [1.54, 1.807) is 6.07 Å². The molecule has 2 heterocycles. The number of carbonyl (C=O) groups excluding carboxylic acids is 1. The summed E-state index contributed by atoms with van der Waals surface area (Å²) in [6.45, 7) is 3.62. The molecule has 1 aromatic carbocycles. The van der Waals surface area contributed by atoms with E-state index in [1.807, 2.05) is 19.9 Å². The largest absolute Gasteiger partial charge is 0.305 e. The molecule has 0 spiro atoms. The minimum absolute atomic E-state index is 0.154. The minimum atomic E-state index is -0.498. The van der Waals surface area contributed by atoms with Crippen LogP contribution in [-0.4, -0.2) is 25.7 Å². The van der Waals surface area contributed by atoms with Crippen molar-refractivity contribution in [3.63, 3.8) is 0 Å². The van der Waals surface area contributed by atoms with Gasteiger partial charge in [0.15, 0.2) is 5.82 Å². The molecule has 1 amide bonds. The molecular formula is C17H13FN6O. The fraction of sp³-hybridized carbons (Fsp3) is 0.118. The maximum atomic E-state index is 13.0. The van der Waals surface area contributed by atoms with Gasteiger partial charge in [-0.2, -0.15) is 15.0 Å². The van der Waals surface area contributed by atoms with E-state index >= 15 is 0 Å². The molecule has 1 N–H and O–H groups in total. The number of nitriles is 1. The quantitative estimate of drug-likeness (QED) is 0.793. The number of nitrogens with one attached hydrogen (secondary N) is 1. The number of anilines is 1. The molecule has 0 unspecified atom stereocenters. The molecule has 0 aliphatic rings. The fourth-order valence-corrected chi connectivity index (χ4v) is 2.29. The molecule has 3 aromatic rings. The maximum Gasteiger partial charge on any atom is 0.256 e. The van der Waals surface area contributed by atoms with Gasteiger partial charge < -0.3 is 5.32 Å². The highest BCUT2D eigenvalue weighted by Gasteiger charge is 2.18. The summed E-state index contributed by atoms with van der Waals surface area (Å²) in [5, 5.41) is 16.0. The van der Waals surface area contributed by atoms with Gasteiger partial charge in [-0.3, -0.25) is 4.79 Å². The van der Waals surface area contributed by atoms with Crippen LogP contribution in [0, 0.1) is 31.0 Å². The Balaban J connectivity index is 2.01. The molecule has 3 rings (SSSR count). The van der Waals surface area contributed by atoms with Crippen molar-refractivity contribution >= 4 is 11.7 Å². The highest BCUT2D eigenvalue weighted by molar-refractivity contribution is 6.04. The van der Waals surface area contributed by atoms with E-state index in [0.29, 0.717) is 0 Å². The number of aryl methyl sites for hydroxylation is 2. The van der Waals surface area contributed by atoms with Crippen LogP contribution in [0.25, 0.3) is 5.95 Å². The van der Waals surface area contributed by atoms with Crippen LogP contribution in [0.5, 0.6) is 0 Å². The molecule has 25 heavy (non-hydrogen) atoms. The number of hydrogen-bond acceptors (Lipinski definition) is 5. The van der Waals surface area contributed by atoms with Crippen molar-refractivity contribution in [2.24, 2.45) is 0 Å². The summed E-state index contributed by atoms with van der Waals surface area (Å²) >= 11 is 0. The number of halogens is 1. The van der Waals surface area contributed by atoms with Gasteiger partial charge in [0, 0.05) is 17.0 Å². The van der Waals surface area contributed by atoms with Crippen molar-refractivity contribution in [1.82, 2.24) is 19.7 Å². The number of carbonyl (C=O) groups is 1. The lowest BCUT2D eigenvalue weighted by molar-refractivity contribution is 0.102. The summed E-state index contributed by atoms with van der Waals surface area (Å²) in [6, 6.07) is 8.84. The average Bonchev–Trinajstić information content (AvgIpc) is 2.97. The summed E-state index contributed by atoms with van der Waals surface area (Å²) in [5.74, 6) is -0.541. The van der Waals surface area contributed by atoms with Gasteiger partial charge in [0.25, 0.3) is 11.9 Å². The van der Waals surface area contributed by atoms with Gasteiger partial charge >= 0.3 is 0 Å². The summed E-state index contributed by atoms with van der Waals surface area (Å²) in [7, 11) is 0. The number of hydrogen-bond donors (Lipinski definition) is 1. The van der Waals surface area contributed by atoms with Crippen LogP contribution >= 0.6 is 0 Å². The standard InChI is InChI=1S/C17H13FN6O/c1-10-7-11(2)22-17(21-10)24-15(13(8-19)9-20-24)23-16(25)12-3-5-14(18)6-4-12/h3-7,9H,1-2H3,(H,23,25). The molecular weight excluding hydrogens is 323 g/mol. The Hall–Kier alpha value is -3.60. The van der Waals surface area contributed by atoms with Crippen LogP contribution in [0.4, 0.5) is 10.2 Å². The van der Waals surface area contributed by atoms with Crippen LogP contribution in [0.2, 0.25) is 0 Å². The summed E-state index contributed by atoms with van der Waals surface area (Å²) in [6.07, 6.45) is 1.32. The van der Waals surface area contributed by atoms with E-state index in [-0.39, 0.29) is 22.9 Å². The van der Waals surface area contributed by atoms with Crippen molar-refractivity contribution in [3.05, 3.63) is 64.9 Å². The molecule has 0 radical (unpaired) electrons. The average molecular weight is 336 g/mol. The van der Waals surface area contributed by atoms with Gasteiger partial charge in [0.2, 0.25) is 0 Å². The normalized spacial score (nSPS) is 10.3. The molecule has 8 heteroatoms. The Morgan fingerprint density at radius 1 is 1.20 bits per heavy atom. The summed E-state index contributed by atoms with van der Waals surface area (Å²) < 4.78 is 14.3. The number of rotatable bonds is 3. The van der Waals surface area contributed by atoms with Crippen molar-refractivity contribution in [3.8, 4) is 12.0 Å². The Bertz CT molecular complexity index is 967. The molecule has 0 bridgehead atoms. The Morgan fingerprint density at radius 2 is 1.84 bits per heavy atom. The fourth-order valence-electron chi connectivity index (χ4n) is 2.29. The van der Waals surface area contributed by atoms with Gasteiger partial charge in [-0.1, -0.05) is 0 Å². The molecule has 0 saturated heterocycles. The van der Waals surface area contributed by atoms with E-state index in [0.717, 1.165) is 11.4 Å². The zero-order valence-corrected chi connectivity index (χ0v) is 13.5. The molecule has 0 fully saturated rings. The second-order valence-corrected chi connectivity index (χ2v) is 5.34. The van der Waals surface area contributed by atoms with Crippen LogP contribution < -0.4 is 5.32 Å². The molecule has 7 nitrogen and oxygen atoms in total. The molecule has 2 aromatic heterocycles. The third kappa shape index (κ3) is 3.35. The Kier molecular flexibility index (Phi) is 4.22. The molecule has 0 atom stereocenters. The van der Waals surface area contributed by atoms with Gasteiger partial charge in [-0.15, -0.1) is 0 Å². The lowest BCUT2D eigenvalue weighted by Crippen LogP contribution is -2.17. The van der Waals surface area contributed by atoms with Gasteiger partial charge in [0.1, 0.15) is 17.4 Å². The first kappa shape index (κ1) is 16.3. The van der Waals surface area contributed by atoms with Crippen molar-refractivity contribution in [2.75, 3.05) is 5.32 Å². The van der Waals surface area contributed by atoms with E-state index < -0.39 is 11.7 Å². The lowest BCUT2D eigenvalue weighted by Gasteiger charge is -2.09. The number of benzene rings is 1. The number of amides is 1. The third-order valence-electron chi connectivity index (χ3n) is 3.39. The summed E-state index contributed by atoms with van der Waals surface area (Å²) in [4.78, 5) is 21.0. The summed E-state index contributed by atoms with van der Waals surface area (Å²) in [5.41, 5.74) is 1.87. The first-order valence-corrected chi connectivity index (χ1v) is 7.35. The van der Waals surface area contributed by atoms with Crippen LogP contribution in [-0.2, 0) is 0 Å².